The lowest BCUT2D eigenvalue weighted by atomic mass is 9.89. The summed E-state index contributed by atoms with van der Waals surface area (Å²) in [6.45, 7) is -0.463. The second-order valence-corrected chi connectivity index (χ2v) is 6.47. The lowest BCUT2D eigenvalue weighted by Crippen LogP contribution is -2.38. The number of carbonyl (C=O) groups is 3. The van der Waals surface area contributed by atoms with Gasteiger partial charge in [0, 0.05) is 18.8 Å². The monoisotopic (exact) mass is 362 g/mol. The Bertz CT molecular complexity index is 641. The van der Waals surface area contributed by atoms with Gasteiger partial charge in [0.25, 0.3) is 5.91 Å². The van der Waals surface area contributed by atoms with E-state index >= 15 is 0 Å². The first kappa shape index (κ1) is 19.8. The van der Waals surface area contributed by atoms with E-state index in [1.807, 2.05) is 0 Å². The molecule has 142 valence electrons. The highest BCUT2D eigenvalue weighted by molar-refractivity contribution is 5.95. The number of ether oxygens (including phenoxy) is 2. The molecule has 0 heterocycles. The molecule has 7 heteroatoms. The van der Waals surface area contributed by atoms with Crippen LogP contribution in [-0.2, 0) is 19.1 Å². The number of amides is 2. The van der Waals surface area contributed by atoms with E-state index < -0.39 is 5.91 Å². The largest absolute Gasteiger partial charge is 0.497 e. The molecular weight excluding hydrogens is 336 g/mol. The van der Waals surface area contributed by atoms with E-state index in [1.54, 1.807) is 31.4 Å². The molecule has 1 aromatic carbocycles. The van der Waals surface area contributed by atoms with Gasteiger partial charge in [-0.15, -0.1) is 0 Å². The zero-order chi connectivity index (χ0) is 18.9. The zero-order valence-corrected chi connectivity index (χ0v) is 15.3. The highest BCUT2D eigenvalue weighted by atomic mass is 16.5. The molecule has 1 aliphatic rings. The second-order valence-electron chi connectivity index (χ2n) is 6.47. The molecule has 7 nitrogen and oxygen atoms in total. The van der Waals surface area contributed by atoms with Crippen LogP contribution < -0.4 is 10.1 Å². The predicted octanol–water partition coefficient (Wildman–Crippen LogP) is 2.22. The molecule has 0 radical (unpaired) electrons. The van der Waals surface area contributed by atoms with Gasteiger partial charge in [-0.3, -0.25) is 14.4 Å². The van der Waals surface area contributed by atoms with Gasteiger partial charge in [-0.2, -0.15) is 0 Å². The van der Waals surface area contributed by atoms with Crippen LogP contribution in [0.4, 0.5) is 5.69 Å². The third kappa shape index (κ3) is 6.06. The summed E-state index contributed by atoms with van der Waals surface area (Å²) in [5.74, 6) is -0.532. The summed E-state index contributed by atoms with van der Waals surface area (Å²) in [6.07, 6.45) is 4.85. The Balaban J connectivity index is 1.74. The van der Waals surface area contributed by atoms with Crippen LogP contribution in [0.25, 0.3) is 0 Å². The van der Waals surface area contributed by atoms with Crippen molar-refractivity contribution in [3.8, 4) is 5.75 Å². The van der Waals surface area contributed by atoms with Crippen LogP contribution in [0.15, 0.2) is 24.3 Å². The third-order valence-corrected chi connectivity index (χ3v) is 4.44. The van der Waals surface area contributed by atoms with Crippen LogP contribution >= 0.6 is 0 Å². The topological polar surface area (TPSA) is 84.9 Å². The molecule has 1 aliphatic carbocycles. The highest BCUT2D eigenvalue weighted by Gasteiger charge is 2.24. The Hall–Kier alpha value is -2.57. The van der Waals surface area contributed by atoms with Gasteiger partial charge in [-0.25, -0.2) is 0 Å². The first-order chi connectivity index (χ1) is 12.5. The van der Waals surface area contributed by atoms with Gasteiger partial charge in [-0.05, 0) is 25.0 Å². The minimum atomic E-state index is -0.407. The summed E-state index contributed by atoms with van der Waals surface area (Å²) in [5.41, 5.74) is 0.582. The molecule has 1 aromatic rings. The van der Waals surface area contributed by atoms with Crippen molar-refractivity contribution in [2.45, 2.75) is 32.1 Å². The van der Waals surface area contributed by atoms with Crippen molar-refractivity contribution >= 4 is 23.5 Å². The number of hydrogen-bond acceptors (Lipinski definition) is 5. The Morgan fingerprint density at radius 3 is 2.62 bits per heavy atom. The minimum absolute atomic E-state index is 0.0989. The Kier molecular flexibility index (Phi) is 7.44. The number of likely N-dealkylation sites (N-methyl/N-ethyl adjacent to an activating group) is 1. The molecule has 2 amide bonds. The molecular formula is C19H26N2O5. The number of anilines is 1. The SMILES string of the molecule is COc1cccc(NC(=O)CN(C)C(=O)COC(=O)C2CCCCC2)c1. The molecule has 0 unspecified atom stereocenters. The standard InChI is InChI=1S/C19H26N2O5/c1-21(12-17(22)20-15-9-6-10-16(11-15)25-2)18(23)13-26-19(24)14-7-4-3-5-8-14/h6,9-11,14H,3-5,7-8,12-13H2,1-2H3,(H,20,22). The van der Waals surface area contributed by atoms with Gasteiger partial charge in [0.05, 0.1) is 19.6 Å². The number of nitrogens with one attached hydrogen (secondary N) is 1. The summed E-state index contributed by atoms with van der Waals surface area (Å²) < 4.78 is 10.2. The van der Waals surface area contributed by atoms with Crippen LogP contribution in [0.5, 0.6) is 5.75 Å². The summed E-state index contributed by atoms with van der Waals surface area (Å²) >= 11 is 0. The molecule has 26 heavy (non-hydrogen) atoms. The quantitative estimate of drug-likeness (QED) is 0.752. The lowest BCUT2D eigenvalue weighted by molar-refractivity contribution is -0.156. The molecule has 0 aliphatic heterocycles. The molecule has 1 saturated carbocycles. The van der Waals surface area contributed by atoms with Crippen molar-refractivity contribution in [2.24, 2.45) is 5.92 Å². The molecule has 1 N–H and O–H groups in total. The Morgan fingerprint density at radius 1 is 1.19 bits per heavy atom. The zero-order valence-electron chi connectivity index (χ0n) is 15.3. The summed E-state index contributed by atoms with van der Waals surface area (Å²) in [7, 11) is 3.05. The van der Waals surface area contributed by atoms with Crippen molar-refractivity contribution in [1.29, 1.82) is 0 Å². The first-order valence-electron chi connectivity index (χ1n) is 8.84. The molecule has 0 bridgehead atoms. The molecule has 0 aromatic heterocycles. The van der Waals surface area contributed by atoms with Gasteiger partial charge in [0.2, 0.25) is 5.91 Å². The number of rotatable bonds is 7. The number of esters is 1. The van der Waals surface area contributed by atoms with Crippen molar-refractivity contribution < 1.29 is 23.9 Å². The highest BCUT2D eigenvalue weighted by Crippen LogP contribution is 2.24. The van der Waals surface area contributed by atoms with E-state index in [-0.39, 0.29) is 30.9 Å². The third-order valence-electron chi connectivity index (χ3n) is 4.44. The van der Waals surface area contributed by atoms with E-state index in [4.69, 9.17) is 9.47 Å². The smallest absolute Gasteiger partial charge is 0.309 e. The van der Waals surface area contributed by atoms with E-state index in [2.05, 4.69) is 5.32 Å². The van der Waals surface area contributed by atoms with E-state index in [0.29, 0.717) is 11.4 Å². The fraction of sp³-hybridized carbons (Fsp3) is 0.526. The second kappa shape index (κ2) is 9.79. The maximum absolute atomic E-state index is 12.1. The summed E-state index contributed by atoms with van der Waals surface area (Å²) in [5, 5.41) is 2.70. The molecule has 0 atom stereocenters. The number of methoxy groups -OCH3 is 1. The van der Waals surface area contributed by atoms with Gasteiger partial charge in [0.1, 0.15) is 5.75 Å². The van der Waals surface area contributed by atoms with E-state index in [9.17, 15) is 14.4 Å². The minimum Gasteiger partial charge on any atom is -0.497 e. The Morgan fingerprint density at radius 2 is 1.92 bits per heavy atom. The number of benzene rings is 1. The van der Waals surface area contributed by atoms with Crippen LogP contribution in [0.1, 0.15) is 32.1 Å². The van der Waals surface area contributed by atoms with Crippen LogP contribution in [0, 0.1) is 5.92 Å². The number of carbonyl (C=O) groups excluding carboxylic acids is 3. The molecule has 1 fully saturated rings. The summed E-state index contributed by atoms with van der Waals surface area (Å²) in [4.78, 5) is 37.3. The van der Waals surface area contributed by atoms with Crippen LogP contribution in [0.2, 0.25) is 0 Å². The summed E-state index contributed by atoms with van der Waals surface area (Å²) in [6, 6.07) is 6.94. The van der Waals surface area contributed by atoms with Gasteiger partial charge in [-0.1, -0.05) is 25.3 Å². The van der Waals surface area contributed by atoms with Gasteiger partial charge in [0.15, 0.2) is 6.61 Å². The predicted molar refractivity (Wildman–Crippen MR) is 96.8 cm³/mol. The van der Waals surface area contributed by atoms with Crippen molar-refractivity contribution in [3.63, 3.8) is 0 Å². The Labute approximate surface area is 153 Å². The van der Waals surface area contributed by atoms with Crippen LogP contribution in [-0.4, -0.2) is 50.0 Å². The van der Waals surface area contributed by atoms with Crippen LogP contribution in [0.3, 0.4) is 0 Å². The average Bonchev–Trinajstić information content (AvgIpc) is 2.66. The maximum Gasteiger partial charge on any atom is 0.309 e. The molecule has 0 saturated heterocycles. The van der Waals surface area contributed by atoms with Crippen molar-refractivity contribution in [3.05, 3.63) is 24.3 Å². The molecule has 0 spiro atoms. The van der Waals surface area contributed by atoms with Gasteiger partial charge < -0.3 is 19.7 Å². The normalized spacial score (nSPS) is 14.4. The fourth-order valence-corrected chi connectivity index (χ4v) is 2.90. The number of nitrogens with zero attached hydrogens (tertiary/aromatic N) is 1. The van der Waals surface area contributed by atoms with Crippen molar-refractivity contribution in [1.82, 2.24) is 4.90 Å². The lowest BCUT2D eigenvalue weighted by Gasteiger charge is -2.21. The van der Waals surface area contributed by atoms with E-state index in [0.717, 1.165) is 32.1 Å². The fourth-order valence-electron chi connectivity index (χ4n) is 2.90. The maximum atomic E-state index is 12.1. The van der Waals surface area contributed by atoms with Gasteiger partial charge >= 0.3 is 5.97 Å². The molecule has 2 rings (SSSR count). The van der Waals surface area contributed by atoms with Crippen molar-refractivity contribution in [2.75, 3.05) is 32.6 Å². The average molecular weight is 362 g/mol. The van der Waals surface area contributed by atoms with E-state index in [1.165, 1.54) is 11.9 Å². The first-order valence-corrected chi connectivity index (χ1v) is 8.84. The number of hydrogen-bond donors (Lipinski definition) is 1.